The third-order valence-corrected chi connectivity index (χ3v) is 4.49. The number of rotatable bonds is 9. The minimum atomic E-state index is -1.60. The summed E-state index contributed by atoms with van der Waals surface area (Å²) in [6, 6.07) is 2.67. The second-order valence-electron chi connectivity index (χ2n) is 6.80. The second kappa shape index (κ2) is 9.35. The van der Waals surface area contributed by atoms with E-state index < -0.39 is 49.0 Å². The lowest BCUT2D eigenvalue weighted by molar-refractivity contribution is -0.0778. The fourth-order valence-corrected chi connectivity index (χ4v) is 2.98. The monoisotopic (exact) mass is 398 g/mol. The number of cyclic esters (lactones) is 1. The molecule has 0 bridgehead atoms. The number of hydrogen-bond acceptors (Lipinski definition) is 9. The second-order valence-corrected chi connectivity index (χ2v) is 6.80. The minimum absolute atomic E-state index is 0.0963. The Morgan fingerprint density at radius 3 is 2.50 bits per heavy atom. The molecule has 9 heteroatoms. The number of esters is 1. The van der Waals surface area contributed by atoms with Crippen LogP contribution in [-0.4, -0.2) is 74.2 Å². The molecule has 9 nitrogen and oxygen atoms in total. The normalized spacial score (nSPS) is 21.7. The molecule has 1 aliphatic rings. The highest BCUT2D eigenvalue weighted by Gasteiger charge is 2.40. The van der Waals surface area contributed by atoms with E-state index in [1.807, 2.05) is 0 Å². The standard InChI is InChI=1S/C19H26O9/c1-9(20)4-3-5-12(21)17(25)14(23)8-15(24)18-11-6-10(27-2)7-13(22)16(11)19(26)28-18/h3,5-7,9,12,14-15,17-18,20-25H,4,8H2,1-2H3/b5-3+/t9-,12-,14-,15+,17+,18-/m0/s1. The lowest BCUT2D eigenvalue weighted by Crippen LogP contribution is -2.39. The summed E-state index contributed by atoms with van der Waals surface area (Å²) in [6.07, 6.45) is -5.17. The van der Waals surface area contributed by atoms with E-state index in [9.17, 15) is 30.3 Å². The van der Waals surface area contributed by atoms with Crippen LogP contribution in [0.25, 0.3) is 0 Å². The molecule has 6 N–H and O–H groups in total. The van der Waals surface area contributed by atoms with Crippen molar-refractivity contribution in [2.24, 2.45) is 0 Å². The summed E-state index contributed by atoms with van der Waals surface area (Å²) in [7, 11) is 1.37. The van der Waals surface area contributed by atoms with Gasteiger partial charge in [-0.2, -0.15) is 0 Å². The van der Waals surface area contributed by atoms with Crippen LogP contribution in [0.1, 0.15) is 41.8 Å². The maximum Gasteiger partial charge on any atom is 0.343 e. The number of hydrogen-bond donors (Lipinski definition) is 6. The summed E-state index contributed by atoms with van der Waals surface area (Å²) in [4.78, 5) is 12.0. The van der Waals surface area contributed by atoms with Crippen LogP contribution < -0.4 is 4.74 Å². The maximum absolute atomic E-state index is 12.0. The Morgan fingerprint density at radius 1 is 1.21 bits per heavy atom. The molecular weight excluding hydrogens is 372 g/mol. The number of carbonyl (C=O) groups is 1. The van der Waals surface area contributed by atoms with Gasteiger partial charge >= 0.3 is 5.97 Å². The predicted octanol–water partition coefficient (Wildman–Crippen LogP) is -0.227. The van der Waals surface area contributed by atoms with Crippen molar-refractivity contribution in [3.05, 3.63) is 35.4 Å². The molecule has 2 rings (SSSR count). The SMILES string of the molecule is COc1cc(O)c2c(c1)[C@@H]([C@H](O)C[C@H](O)[C@H](O)[C@@H](O)/C=C/C[C@H](C)O)OC2=O. The Bertz CT molecular complexity index is 716. The highest BCUT2D eigenvalue weighted by Crippen LogP contribution is 2.41. The average molecular weight is 398 g/mol. The van der Waals surface area contributed by atoms with Gasteiger partial charge in [-0.05, 0) is 19.4 Å². The van der Waals surface area contributed by atoms with E-state index in [0.29, 0.717) is 0 Å². The number of carbonyl (C=O) groups excluding carboxylic acids is 1. The van der Waals surface area contributed by atoms with Gasteiger partial charge < -0.3 is 40.1 Å². The molecule has 6 atom stereocenters. The molecule has 0 aliphatic carbocycles. The summed E-state index contributed by atoms with van der Waals surface area (Å²) >= 11 is 0. The molecule has 1 aromatic rings. The molecule has 0 spiro atoms. The largest absolute Gasteiger partial charge is 0.507 e. The summed E-state index contributed by atoms with van der Waals surface area (Å²) in [5, 5.41) is 59.6. The molecule has 156 valence electrons. The van der Waals surface area contributed by atoms with Crippen molar-refractivity contribution in [1.29, 1.82) is 0 Å². The van der Waals surface area contributed by atoms with Gasteiger partial charge in [-0.25, -0.2) is 4.79 Å². The quantitative estimate of drug-likeness (QED) is 0.244. The zero-order valence-corrected chi connectivity index (χ0v) is 15.6. The first-order chi connectivity index (χ1) is 13.1. The van der Waals surface area contributed by atoms with Crippen LogP contribution in [0.5, 0.6) is 11.5 Å². The number of benzene rings is 1. The van der Waals surface area contributed by atoms with E-state index in [-0.39, 0.29) is 29.0 Å². The number of aliphatic hydroxyl groups is 5. The van der Waals surface area contributed by atoms with Gasteiger partial charge in [0.25, 0.3) is 0 Å². The van der Waals surface area contributed by atoms with Crippen LogP contribution in [-0.2, 0) is 4.74 Å². The van der Waals surface area contributed by atoms with Crippen molar-refractivity contribution in [3.63, 3.8) is 0 Å². The number of phenols is 1. The molecule has 0 saturated carbocycles. The zero-order valence-electron chi connectivity index (χ0n) is 15.6. The molecule has 1 aliphatic heterocycles. The Hall–Kier alpha value is -2.17. The highest BCUT2D eigenvalue weighted by molar-refractivity contribution is 5.97. The Kier molecular flexibility index (Phi) is 7.39. The van der Waals surface area contributed by atoms with Crippen molar-refractivity contribution < 1.29 is 44.9 Å². The number of phenolic OH excluding ortho intramolecular Hbond substituents is 1. The Labute approximate surface area is 162 Å². The van der Waals surface area contributed by atoms with E-state index in [4.69, 9.17) is 14.6 Å². The van der Waals surface area contributed by atoms with Gasteiger partial charge in [-0.1, -0.05) is 12.2 Å². The minimum Gasteiger partial charge on any atom is -0.507 e. The van der Waals surface area contributed by atoms with Crippen LogP contribution in [0.15, 0.2) is 24.3 Å². The van der Waals surface area contributed by atoms with Crippen molar-refractivity contribution >= 4 is 5.97 Å². The van der Waals surface area contributed by atoms with Crippen LogP contribution >= 0.6 is 0 Å². The summed E-state index contributed by atoms with van der Waals surface area (Å²) in [5.41, 5.74) is 0.106. The Morgan fingerprint density at radius 2 is 1.89 bits per heavy atom. The van der Waals surface area contributed by atoms with Gasteiger partial charge in [-0.3, -0.25) is 0 Å². The van der Waals surface area contributed by atoms with Gasteiger partial charge in [0.1, 0.15) is 29.3 Å². The van der Waals surface area contributed by atoms with E-state index >= 15 is 0 Å². The first kappa shape index (κ1) is 22.1. The highest BCUT2D eigenvalue weighted by atomic mass is 16.6. The fraction of sp³-hybridized carbons (Fsp3) is 0.526. The van der Waals surface area contributed by atoms with E-state index in [2.05, 4.69) is 0 Å². The lowest BCUT2D eigenvalue weighted by atomic mass is 9.94. The van der Waals surface area contributed by atoms with Crippen LogP contribution in [0, 0.1) is 0 Å². The lowest BCUT2D eigenvalue weighted by Gasteiger charge is -2.25. The summed E-state index contributed by atoms with van der Waals surface area (Å²) in [5.74, 6) is -0.922. The van der Waals surface area contributed by atoms with Crippen molar-refractivity contribution in [2.45, 2.75) is 56.4 Å². The van der Waals surface area contributed by atoms with Crippen LogP contribution in [0.3, 0.4) is 0 Å². The number of fused-ring (bicyclic) bond motifs is 1. The fourth-order valence-electron chi connectivity index (χ4n) is 2.98. The summed E-state index contributed by atoms with van der Waals surface area (Å²) < 4.78 is 10.1. The molecule has 1 heterocycles. The molecule has 0 saturated heterocycles. The molecular formula is C19H26O9. The van der Waals surface area contributed by atoms with Crippen molar-refractivity contribution in [1.82, 2.24) is 0 Å². The topological polar surface area (TPSA) is 157 Å². The van der Waals surface area contributed by atoms with E-state index in [0.717, 1.165) is 0 Å². The molecule has 1 aromatic carbocycles. The first-order valence-corrected chi connectivity index (χ1v) is 8.84. The summed E-state index contributed by atoms with van der Waals surface area (Å²) in [6.45, 7) is 1.56. The van der Waals surface area contributed by atoms with Gasteiger partial charge in [0.15, 0.2) is 6.10 Å². The average Bonchev–Trinajstić information content (AvgIpc) is 2.97. The number of methoxy groups -OCH3 is 1. The maximum atomic E-state index is 12.0. The van der Waals surface area contributed by atoms with Gasteiger partial charge in [0.2, 0.25) is 0 Å². The molecule has 0 radical (unpaired) electrons. The van der Waals surface area contributed by atoms with Gasteiger partial charge in [0.05, 0.1) is 25.4 Å². The van der Waals surface area contributed by atoms with Crippen LogP contribution in [0.4, 0.5) is 0 Å². The molecule has 28 heavy (non-hydrogen) atoms. The van der Waals surface area contributed by atoms with E-state index in [1.165, 1.54) is 31.4 Å². The molecule has 0 aromatic heterocycles. The van der Waals surface area contributed by atoms with E-state index in [1.54, 1.807) is 6.92 Å². The third kappa shape index (κ3) is 5.00. The smallest absolute Gasteiger partial charge is 0.343 e. The van der Waals surface area contributed by atoms with Crippen LogP contribution in [0.2, 0.25) is 0 Å². The predicted molar refractivity (Wildman–Crippen MR) is 96.9 cm³/mol. The van der Waals surface area contributed by atoms with Gasteiger partial charge in [0, 0.05) is 18.1 Å². The molecule has 0 fully saturated rings. The zero-order chi connectivity index (χ0) is 21.0. The Balaban J connectivity index is 2.07. The number of aromatic hydroxyl groups is 1. The number of aliphatic hydroxyl groups excluding tert-OH is 5. The van der Waals surface area contributed by atoms with Crippen molar-refractivity contribution in [3.8, 4) is 11.5 Å². The molecule has 0 amide bonds. The van der Waals surface area contributed by atoms with Crippen molar-refractivity contribution in [2.75, 3.05) is 7.11 Å². The third-order valence-electron chi connectivity index (χ3n) is 4.49. The molecule has 0 unspecified atom stereocenters. The first-order valence-electron chi connectivity index (χ1n) is 8.84. The van der Waals surface area contributed by atoms with Gasteiger partial charge in [-0.15, -0.1) is 0 Å². The number of ether oxygens (including phenoxy) is 2.